The van der Waals surface area contributed by atoms with Crippen molar-refractivity contribution in [2.45, 2.75) is 25.2 Å². The number of hydrogen-bond acceptors (Lipinski definition) is 7. The Balaban J connectivity index is 1.86. The van der Waals surface area contributed by atoms with Gasteiger partial charge in [-0.15, -0.1) is 11.3 Å². The van der Waals surface area contributed by atoms with Crippen molar-refractivity contribution in [3.63, 3.8) is 0 Å². The van der Waals surface area contributed by atoms with Gasteiger partial charge in [0, 0.05) is 29.9 Å². The quantitative estimate of drug-likeness (QED) is 0.458. The van der Waals surface area contributed by atoms with Gasteiger partial charge in [-0.25, -0.2) is 32.2 Å². The van der Waals surface area contributed by atoms with Crippen molar-refractivity contribution in [1.29, 1.82) is 0 Å². The standard InChI is InChI=1S/C20H19F2N5O2S2/c1-10-7-14(17-19(23-10)27(3)20(26-17)18(21)22)25-13-6-5-12(8-16(13)31(4,28)29)15-9-30-11(2)24-15/h5-9,18H,1-4H3,(H,23,25). The number of fused-ring (bicyclic) bond motifs is 1. The minimum absolute atomic E-state index is 0.0725. The summed E-state index contributed by atoms with van der Waals surface area (Å²) >= 11 is 1.47. The Morgan fingerprint density at radius 3 is 2.45 bits per heavy atom. The summed E-state index contributed by atoms with van der Waals surface area (Å²) in [6.45, 7) is 3.60. The minimum atomic E-state index is -3.61. The van der Waals surface area contributed by atoms with Crippen LogP contribution in [0.1, 0.15) is 23.0 Å². The number of aryl methyl sites for hydroxylation is 3. The number of aromatic nitrogens is 4. The monoisotopic (exact) mass is 463 g/mol. The first-order chi connectivity index (χ1) is 14.5. The summed E-state index contributed by atoms with van der Waals surface area (Å²) in [4.78, 5) is 12.8. The molecule has 0 radical (unpaired) electrons. The molecule has 0 unspecified atom stereocenters. The fourth-order valence-electron chi connectivity index (χ4n) is 3.32. The lowest BCUT2D eigenvalue weighted by molar-refractivity contribution is 0.137. The number of hydrogen-bond donors (Lipinski definition) is 1. The maximum absolute atomic E-state index is 13.3. The summed E-state index contributed by atoms with van der Waals surface area (Å²) < 4.78 is 53.0. The van der Waals surface area contributed by atoms with Gasteiger partial charge in [0.2, 0.25) is 0 Å². The van der Waals surface area contributed by atoms with Crippen LogP contribution in [0.5, 0.6) is 0 Å². The molecule has 3 heterocycles. The number of benzene rings is 1. The smallest absolute Gasteiger partial charge is 0.295 e. The molecule has 0 saturated carbocycles. The zero-order chi connectivity index (χ0) is 22.5. The van der Waals surface area contributed by atoms with E-state index in [1.165, 1.54) is 23.0 Å². The van der Waals surface area contributed by atoms with Crippen molar-refractivity contribution in [3.8, 4) is 11.3 Å². The van der Waals surface area contributed by atoms with Gasteiger partial charge in [0.05, 0.1) is 27.0 Å². The van der Waals surface area contributed by atoms with E-state index in [2.05, 4.69) is 20.3 Å². The fraction of sp³-hybridized carbons (Fsp3) is 0.250. The second-order valence-corrected chi connectivity index (χ2v) is 10.2. The van der Waals surface area contributed by atoms with E-state index in [1.807, 2.05) is 12.3 Å². The molecule has 7 nitrogen and oxygen atoms in total. The average Bonchev–Trinajstić information content (AvgIpc) is 3.25. The van der Waals surface area contributed by atoms with Crippen LogP contribution in [0.25, 0.3) is 22.4 Å². The lowest BCUT2D eigenvalue weighted by atomic mass is 10.1. The van der Waals surface area contributed by atoms with Crippen LogP contribution in [-0.4, -0.2) is 34.2 Å². The van der Waals surface area contributed by atoms with Crippen molar-refractivity contribution in [3.05, 3.63) is 46.2 Å². The van der Waals surface area contributed by atoms with E-state index in [-0.39, 0.29) is 16.1 Å². The normalized spacial score (nSPS) is 12.1. The molecule has 0 aliphatic rings. The summed E-state index contributed by atoms with van der Waals surface area (Å²) in [5, 5.41) is 5.80. The third-order valence-electron chi connectivity index (χ3n) is 4.75. The Hall–Kier alpha value is -2.92. The Labute approximate surface area is 181 Å². The predicted molar refractivity (Wildman–Crippen MR) is 117 cm³/mol. The highest BCUT2D eigenvalue weighted by molar-refractivity contribution is 7.90. The molecule has 0 aliphatic heterocycles. The number of imidazole rings is 1. The topological polar surface area (TPSA) is 89.8 Å². The number of pyridine rings is 1. The molecule has 0 fully saturated rings. The largest absolute Gasteiger partial charge is 0.353 e. The van der Waals surface area contributed by atoms with Crippen LogP contribution in [0, 0.1) is 13.8 Å². The van der Waals surface area contributed by atoms with Gasteiger partial charge in [-0.3, -0.25) is 0 Å². The second-order valence-electron chi connectivity index (χ2n) is 7.17. The van der Waals surface area contributed by atoms with E-state index in [4.69, 9.17) is 0 Å². The third-order valence-corrected chi connectivity index (χ3v) is 6.66. The molecule has 0 amide bonds. The van der Waals surface area contributed by atoms with Crippen LogP contribution >= 0.6 is 11.3 Å². The SMILES string of the molecule is Cc1cc(Nc2ccc(-c3csc(C)n3)cc2S(C)(=O)=O)c2nc(C(F)F)n(C)c2n1. The summed E-state index contributed by atoms with van der Waals surface area (Å²) in [5.74, 6) is -0.409. The molecule has 162 valence electrons. The lowest BCUT2D eigenvalue weighted by Crippen LogP contribution is -2.04. The molecule has 31 heavy (non-hydrogen) atoms. The van der Waals surface area contributed by atoms with Gasteiger partial charge in [0.1, 0.15) is 5.52 Å². The third kappa shape index (κ3) is 4.02. The van der Waals surface area contributed by atoms with Crippen molar-refractivity contribution in [1.82, 2.24) is 19.5 Å². The molecule has 0 aliphatic carbocycles. The van der Waals surface area contributed by atoms with E-state index < -0.39 is 22.1 Å². The van der Waals surface area contributed by atoms with Gasteiger partial charge in [-0.2, -0.15) is 0 Å². The summed E-state index contributed by atoms with van der Waals surface area (Å²) in [7, 11) is -2.13. The average molecular weight is 464 g/mol. The number of thiazole rings is 1. The van der Waals surface area contributed by atoms with E-state index in [1.54, 1.807) is 31.2 Å². The van der Waals surface area contributed by atoms with Crippen LogP contribution in [-0.2, 0) is 16.9 Å². The highest BCUT2D eigenvalue weighted by atomic mass is 32.2. The maximum atomic E-state index is 13.3. The Morgan fingerprint density at radius 1 is 1.10 bits per heavy atom. The van der Waals surface area contributed by atoms with E-state index in [9.17, 15) is 17.2 Å². The number of nitrogens with one attached hydrogen (secondary N) is 1. The summed E-state index contributed by atoms with van der Waals surface area (Å²) in [5.41, 5.74) is 3.17. The number of rotatable bonds is 5. The highest BCUT2D eigenvalue weighted by Crippen LogP contribution is 2.34. The van der Waals surface area contributed by atoms with Crippen molar-refractivity contribution in [2.24, 2.45) is 7.05 Å². The van der Waals surface area contributed by atoms with E-state index >= 15 is 0 Å². The van der Waals surface area contributed by atoms with Gasteiger partial charge in [0.25, 0.3) is 6.43 Å². The lowest BCUT2D eigenvalue weighted by Gasteiger charge is -2.13. The predicted octanol–water partition coefficient (Wildman–Crippen LogP) is 4.79. The first-order valence-corrected chi connectivity index (χ1v) is 12.0. The molecule has 1 N–H and O–H groups in total. The molecule has 4 rings (SSSR count). The second kappa shape index (κ2) is 7.65. The van der Waals surface area contributed by atoms with Crippen LogP contribution in [0.15, 0.2) is 34.5 Å². The summed E-state index contributed by atoms with van der Waals surface area (Å²) in [6.07, 6.45) is -1.65. The molecule has 3 aromatic heterocycles. The Morgan fingerprint density at radius 2 is 1.84 bits per heavy atom. The number of nitrogens with zero attached hydrogens (tertiary/aromatic N) is 4. The van der Waals surface area contributed by atoms with Gasteiger partial charge in [-0.1, -0.05) is 6.07 Å². The van der Waals surface area contributed by atoms with Crippen molar-refractivity contribution in [2.75, 3.05) is 11.6 Å². The van der Waals surface area contributed by atoms with Crippen LogP contribution in [0.4, 0.5) is 20.2 Å². The first-order valence-electron chi connectivity index (χ1n) is 9.20. The fourth-order valence-corrected chi connectivity index (χ4v) is 4.80. The van der Waals surface area contributed by atoms with Gasteiger partial charge in [-0.05, 0) is 32.0 Å². The first kappa shape index (κ1) is 21.3. The number of anilines is 2. The zero-order valence-electron chi connectivity index (χ0n) is 17.1. The van der Waals surface area contributed by atoms with Gasteiger partial charge >= 0.3 is 0 Å². The Bertz CT molecular complexity index is 1410. The number of halogens is 2. The highest BCUT2D eigenvalue weighted by Gasteiger charge is 2.22. The van der Waals surface area contributed by atoms with Crippen LogP contribution < -0.4 is 5.32 Å². The van der Waals surface area contributed by atoms with Gasteiger partial charge < -0.3 is 9.88 Å². The number of sulfone groups is 1. The summed E-state index contributed by atoms with van der Waals surface area (Å²) in [6, 6.07) is 6.60. The molecule has 0 bridgehead atoms. The molecule has 11 heteroatoms. The van der Waals surface area contributed by atoms with Crippen LogP contribution in [0.2, 0.25) is 0 Å². The van der Waals surface area contributed by atoms with Crippen molar-refractivity contribution >= 4 is 43.7 Å². The molecule has 0 spiro atoms. The van der Waals surface area contributed by atoms with Gasteiger partial charge in [0.15, 0.2) is 21.3 Å². The zero-order valence-corrected chi connectivity index (χ0v) is 18.8. The maximum Gasteiger partial charge on any atom is 0.295 e. The van der Waals surface area contributed by atoms with E-state index in [0.29, 0.717) is 28.3 Å². The molecule has 1 aromatic carbocycles. The Kier molecular flexibility index (Phi) is 5.26. The molecule has 4 aromatic rings. The molecule has 0 atom stereocenters. The van der Waals surface area contributed by atoms with Crippen molar-refractivity contribution < 1.29 is 17.2 Å². The molecule has 0 saturated heterocycles. The van der Waals surface area contributed by atoms with Crippen LogP contribution in [0.3, 0.4) is 0 Å². The minimum Gasteiger partial charge on any atom is -0.353 e. The molecular weight excluding hydrogens is 444 g/mol. The molecular formula is C20H19F2N5O2S2. The van der Waals surface area contributed by atoms with E-state index in [0.717, 1.165) is 11.3 Å². The number of alkyl halides is 2.